The molecule has 0 amide bonds. The van der Waals surface area contributed by atoms with Gasteiger partial charge in [0, 0.05) is 50.0 Å². The van der Waals surface area contributed by atoms with Crippen LogP contribution in [0.1, 0.15) is 100 Å². The number of methoxy groups -OCH3 is 2. The Bertz CT molecular complexity index is 1170. The maximum atomic E-state index is 10.3. The van der Waals surface area contributed by atoms with Crippen LogP contribution in [0.4, 0.5) is 0 Å². The van der Waals surface area contributed by atoms with E-state index in [0.29, 0.717) is 13.0 Å². The fraction of sp³-hybridized carbons (Fsp3) is 0.730. The van der Waals surface area contributed by atoms with Crippen LogP contribution in [0.2, 0.25) is 0 Å². The third-order valence-electron chi connectivity index (χ3n) is 10.1. The van der Waals surface area contributed by atoms with Crippen LogP contribution in [0, 0.1) is 17.8 Å². The van der Waals surface area contributed by atoms with Crippen LogP contribution in [-0.4, -0.2) is 62.2 Å². The van der Waals surface area contributed by atoms with Crippen molar-refractivity contribution in [2.75, 3.05) is 27.4 Å². The molecule has 2 bridgehead atoms. The number of hydrogen-bond donors (Lipinski definition) is 1. The Morgan fingerprint density at radius 1 is 1.02 bits per heavy atom. The average Bonchev–Trinajstić information content (AvgIpc) is 3.23. The van der Waals surface area contributed by atoms with Crippen molar-refractivity contribution in [1.29, 1.82) is 0 Å². The van der Waals surface area contributed by atoms with E-state index in [4.69, 9.17) is 28.4 Å². The molecule has 0 aromatic heterocycles. The zero-order chi connectivity index (χ0) is 32.2. The second-order valence-corrected chi connectivity index (χ2v) is 14.1. The first-order chi connectivity index (χ1) is 20.8. The van der Waals surface area contributed by atoms with E-state index in [0.717, 1.165) is 55.8 Å². The topological polar surface area (TPSA) is 75.6 Å². The van der Waals surface area contributed by atoms with Gasteiger partial charge in [-0.05, 0) is 76.7 Å². The van der Waals surface area contributed by atoms with Crippen LogP contribution in [-0.2, 0) is 28.4 Å². The van der Waals surface area contributed by atoms with Gasteiger partial charge < -0.3 is 33.5 Å². The zero-order valence-corrected chi connectivity index (χ0v) is 29.0. The molecular weight excluding hydrogens is 556 g/mol. The highest BCUT2D eigenvalue weighted by atomic mass is 16.8. The molecule has 0 aromatic carbocycles. The van der Waals surface area contributed by atoms with Gasteiger partial charge in [-0.15, -0.1) is 0 Å². The molecule has 1 N–H and O–H groups in total. The van der Waals surface area contributed by atoms with E-state index < -0.39 is 11.4 Å². The van der Waals surface area contributed by atoms with Gasteiger partial charge in [0.05, 0.1) is 55.9 Å². The van der Waals surface area contributed by atoms with E-state index in [1.165, 1.54) is 22.3 Å². The standard InChI is InChI=1S/C37H58O7/c1-11-29-30-19-32(24(3)18-33(30)40-10)42-31(17-12-23(2)20-37(8)35(29)43-36(6,7)44-37)26(5)34(25(4)21-38)41-22-27-13-15-28(39-9)16-14-27/h12-13,16,25-26,29,31,34-35,38H,11,14-15,17-22H2,1-10H3/b23-12-. The number of allylic oxidation sites excluding steroid dienone is 4. The highest BCUT2D eigenvalue weighted by Crippen LogP contribution is 2.49. The van der Waals surface area contributed by atoms with Crippen LogP contribution in [0.5, 0.6) is 0 Å². The summed E-state index contributed by atoms with van der Waals surface area (Å²) < 4.78 is 38.5. The fourth-order valence-corrected chi connectivity index (χ4v) is 7.71. The van der Waals surface area contributed by atoms with Crippen molar-refractivity contribution in [1.82, 2.24) is 0 Å². The molecule has 7 heteroatoms. The van der Waals surface area contributed by atoms with Crippen molar-refractivity contribution in [3.63, 3.8) is 0 Å². The highest BCUT2D eigenvalue weighted by molar-refractivity contribution is 5.32. The van der Waals surface area contributed by atoms with E-state index >= 15 is 0 Å². The number of aliphatic hydroxyl groups is 1. The molecule has 0 radical (unpaired) electrons. The van der Waals surface area contributed by atoms with Gasteiger partial charge >= 0.3 is 0 Å². The largest absolute Gasteiger partial charge is 0.501 e. The van der Waals surface area contributed by atoms with E-state index in [9.17, 15) is 5.11 Å². The Morgan fingerprint density at radius 3 is 2.39 bits per heavy atom. The van der Waals surface area contributed by atoms with Gasteiger partial charge in [0.2, 0.25) is 0 Å². The lowest BCUT2D eigenvalue weighted by atomic mass is 9.75. The van der Waals surface area contributed by atoms with E-state index in [2.05, 4.69) is 59.8 Å². The molecule has 0 spiro atoms. The van der Waals surface area contributed by atoms with Crippen LogP contribution in [0.25, 0.3) is 0 Å². The fourth-order valence-electron chi connectivity index (χ4n) is 7.71. The minimum atomic E-state index is -0.669. The summed E-state index contributed by atoms with van der Waals surface area (Å²) in [6.07, 6.45) is 11.7. The normalized spacial score (nSPS) is 32.5. The lowest BCUT2D eigenvalue weighted by molar-refractivity contribution is -0.161. The number of hydrogen-bond acceptors (Lipinski definition) is 7. The molecule has 2 heterocycles. The first-order valence-corrected chi connectivity index (χ1v) is 16.6. The molecule has 4 rings (SSSR count). The molecule has 1 saturated heterocycles. The molecule has 0 aromatic rings. The predicted octanol–water partition coefficient (Wildman–Crippen LogP) is 7.92. The van der Waals surface area contributed by atoms with E-state index in [-0.39, 0.29) is 42.7 Å². The van der Waals surface area contributed by atoms with Crippen molar-refractivity contribution in [3.05, 3.63) is 57.8 Å². The molecule has 248 valence electrons. The maximum absolute atomic E-state index is 10.3. The molecule has 7 unspecified atom stereocenters. The quantitative estimate of drug-likeness (QED) is 0.251. The van der Waals surface area contributed by atoms with Crippen LogP contribution < -0.4 is 0 Å². The molecule has 44 heavy (non-hydrogen) atoms. The molecule has 2 aliphatic carbocycles. The monoisotopic (exact) mass is 614 g/mol. The van der Waals surface area contributed by atoms with Crippen molar-refractivity contribution in [3.8, 4) is 0 Å². The summed E-state index contributed by atoms with van der Waals surface area (Å²) in [6, 6.07) is 0. The first kappa shape index (κ1) is 34.8. The van der Waals surface area contributed by atoms with Crippen LogP contribution in [0.15, 0.2) is 57.8 Å². The summed E-state index contributed by atoms with van der Waals surface area (Å²) in [5, 5.41) is 10.3. The zero-order valence-electron chi connectivity index (χ0n) is 29.0. The van der Waals surface area contributed by atoms with Gasteiger partial charge in [-0.3, -0.25) is 0 Å². The van der Waals surface area contributed by atoms with E-state index in [1.54, 1.807) is 14.2 Å². The van der Waals surface area contributed by atoms with Gasteiger partial charge in [0.1, 0.15) is 6.10 Å². The minimum absolute atomic E-state index is 0.0327. The Kier molecular flexibility index (Phi) is 11.5. The summed E-state index contributed by atoms with van der Waals surface area (Å²) in [5.74, 6) is 2.49. The molecule has 7 atom stereocenters. The van der Waals surface area contributed by atoms with E-state index in [1.807, 2.05) is 13.8 Å². The molecule has 1 fully saturated rings. The summed E-state index contributed by atoms with van der Waals surface area (Å²) >= 11 is 0. The smallest absolute Gasteiger partial charge is 0.164 e. The van der Waals surface area contributed by atoms with Crippen molar-refractivity contribution < 1.29 is 33.5 Å². The van der Waals surface area contributed by atoms with Crippen molar-refractivity contribution in [2.45, 2.75) is 130 Å². The molecule has 4 aliphatic rings. The number of ether oxygens (including phenoxy) is 6. The summed E-state index contributed by atoms with van der Waals surface area (Å²) in [6.45, 7) is 17.7. The lowest BCUT2D eigenvalue weighted by Crippen LogP contribution is -2.43. The maximum Gasteiger partial charge on any atom is 0.164 e. The number of aliphatic hydroxyl groups excluding tert-OH is 1. The van der Waals surface area contributed by atoms with Crippen molar-refractivity contribution in [2.24, 2.45) is 17.8 Å². The van der Waals surface area contributed by atoms with Crippen molar-refractivity contribution >= 4 is 0 Å². The molecule has 7 nitrogen and oxygen atoms in total. The summed E-state index contributed by atoms with van der Waals surface area (Å²) in [7, 11) is 3.50. The highest BCUT2D eigenvalue weighted by Gasteiger charge is 2.54. The average molecular weight is 615 g/mol. The second-order valence-electron chi connectivity index (χ2n) is 14.1. The summed E-state index contributed by atoms with van der Waals surface area (Å²) in [5.41, 5.74) is 4.48. The Morgan fingerprint density at radius 2 is 1.77 bits per heavy atom. The Labute approximate surface area is 266 Å². The summed E-state index contributed by atoms with van der Waals surface area (Å²) in [4.78, 5) is 0. The third-order valence-corrected chi connectivity index (χ3v) is 10.1. The van der Waals surface area contributed by atoms with Gasteiger partial charge in [-0.25, -0.2) is 0 Å². The van der Waals surface area contributed by atoms with Crippen LogP contribution >= 0.6 is 0 Å². The Balaban J connectivity index is 1.67. The first-order valence-electron chi connectivity index (χ1n) is 16.6. The van der Waals surface area contributed by atoms with Gasteiger partial charge in [-0.2, -0.15) is 0 Å². The molecule has 0 saturated carbocycles. The van der Waals surface area contributed by atoms with Gasteiger partial charge in [0.25, 0.3) is 0 Å². The third kappa shape index (κ3) is 7.83. The SMILES string of the molecule is CCC1C2=C(OC)CC(C)=C(C2)OC(C(C)C(OCC2=CCC(OC)=CC2)C(C)CO)C/C=C(/C)CC2(C)OC(C)(C)OC12. The van der Waals surface area contributed by atoms with Gasteiger partial charge in [0.15, 0.2) is 5.79 Å². The molecular formula is C37H58O7. The number of fused-ring (bicyclic) bond motifs is 3. The number of rotatable bonds is 10. The second kappa shape index (κ2) is 14.6. The minimum Gasteiger partial charge on any atom is -0.501 e. The predicted molar refractivity (Wildman–Crippen MR) is 174 cm³/mol. The lowest BCUT2D eigenvalue weighted by Gasteiger charge is -2.40. The molecule has 2 aliphatic heterocycles. The Hall–Kier alpha value is -2.06. The van der Waals surface area contributed by atoms with Gasteiger partial charge in [-0.1, -0.05) is 38.5 Å². The van der Waals surface area contributed by atoms with Crippen LogP contribution in [0.3, 0.4) is 0 Å².